The largest absolute Gasteiger partial charge is 0.380 e. The molecule has 4 heteroatoms. The quantitative estimate of drug-likeness (QED) is 0.878. The molecule has 2 aromatic heterocycles. The molecule has 0 fully saturated rings. The molecule has 2 N–H and O–H groups in total. The van der Waals surface area contributed by atoms with Crippen molar-refractivity contribution in [2.75, 3.05) is 5.73 Å². The third-order valence-corrected chi connectivity index (χ3v) is 2.99. The Hall–Kier alpha value is -1.84. The SMILES string of the molecule is CCC(C)Cc1onc(N)c1-c1ccncc1. The Kier molecular flexibility index (Phi) is 3.42. The van der Waals surface area contributed by atoms with Gasteiger partial charge in [-0.1, -0.05) is 25.4 Å². The maximum Gasteiger partial charge on any atom is 0.175 e. The standard InChI is InChI=1S/C13H17N3O/c1-3-9(2)8-11-12(13(14)16-17-11)10-4-6-15-7-5-10/h4-7,9H,3,8H2,1-2H3,(H2,14,16). The van der Waals surface area contributed by atoms with Crippen molar-refractivity contribution in [3.63, 3.8) is 0 Å². The Morgan fingerprint density at radius 2 is 2.06 bits per heavy atom. The summed E-state index contributed by atoms with van der Waals surface area (Å²) in [5.74, 6) is 1.88. The summed E-state index contributed by atoms with van der Waals surface area (Å²) in [6, 6.07) is 3.84. The summed E-state index contributed by atoms with van der Waals surface area (Å²) in [7, 11) is 0. The second kappa shape index (κ2) is 4.99. The Balaban J connectivity index is 2.36. The van der Waals surface area contributed by atoms with E-state index in [4.69, 9.17) is 10.3 Å². The fraction of sp³-hybridized carbons (Fsp3) is 0.385. The van der Waals surface area contributed by atoms with Crippen molar-refractivity contribution in [2.45, 2.75) is 26.7 Å². The lowest BCUT2D eigenvalue weighted by Crippen LogP contribution is -1.98. The first-order valence-electron chi connectivity index (χ1n) is 5.86. The molecular weight excluding hydrogens is 214 g/mol. The Bertz CT molecular complexity index is 479. The van der Waals surface area contributed by atoms with Gasteiger partial charge < -0.3 is 10.3 Å². The molecule has 0 saturated carbocycles. The van der Waals surface area contributed by atoms with E-state index in [-0.39, 0.29) is 0 Å². The predicted molar refractivity (Wildman–Crippen MR) is 67.3 cm³/mol. The first-order valence-corrected chi connectivity index (χ1v) is 5.86. The van der Waals surface area contributed by atoms with E-state index in [9.17, 15) is 0 Å². The van der Waals surface area contributed by atoms with Crippen molar-refractivity contribution in [2.24, 2.45) is 5.92 Å². The molecule has 1 unspecified atom stereocenters. The van der Waals surface area contributed by atoms with Crippen LogP contribution in [-0.2, 0) is 6.42 Å². The van der Waals surface area contributed by atoms with E-state index in [1.54, 1.807) is 12.4 Å². The summed E-state index contributed by atoms with van der Waals surface area (Å²) in [5.41, 5.74) is 7.79. The zero-order chi connectivity index (χ0) is 12.3. The first kappa shape index (κ1) is 11.6. The summed E-state index contributed by atoms with van der Waals surface area (Å²) in [5, 5.41) is 3.86. The van der Waals surface area contributed by atoms with Gasteiger partial charge in [-0.2, -0.15) is 0 Å². The normalized spacial score (nSPS) is 12.6. The van der Waals surface area contributed by atoms with Crippen LogP contribution in [-0.4, -0.2) is 10.1 Å². The van der Waals surface area contributed by atoms with E-state index in [1.807, 2.05) is 12.1 Å². The van der Waals surface area contributed by atoms with E-state index >= 15 is 0 Å². The monoisotopic (exact) mass is 231 g/mol. The molecule has 0 spiro atoms. The maximum absolute atomic E-state index is 5.87. The van der Waals surface area contributed by atoms with Crippen LogP contribution in [0.25, 0.3) is 11.1 Å². The van der Waals surface area contributed by atoms with Gasteiger partial charge in [0, 0.05) is 18.8 Å². The van der Waals surface area contributed by atoms with Gasteiger partial charge >= 0.3 is 0 Å². The van der Waals surface area contributed by atoms with Crippen molar-refractivity contribution < 1.29 is 4.52 Å². The topological polar surface area (TPSA) is 64.9 Å². The second-order valence-electron chi connectivity index (χ2n) is 4.32. The molecule has 2 rings (SSSR count). The number of anilines is 1. The van der Waals surface area contributed by atoms with E-state index in [1.165, 1.54) is 0 Å². The Labute approximate surface area is 101 Å². The van der Waals surface area contributed by atoms with Crippen LogP contribution in [0.15, 0.2) is 29.0 Å². The van der Waals surface area contributed by atoms with E-state index in [0.29, 0.717) is 11.7 Å². The molecule has 0 saturated heterocycles. The van der Waals surface area contributed by atoms with Crippen molar-refractivity contribution in [3.05, 3.63) is 30.3 Å². The summed E-state index contributed by atoms with van der Waals surface area (Å²) in [4.78, 5) is 4.00. The lowest BCUT2D eigenvalue weighted by atomic mass is 9.98. The number of nitrogen functional groups attached to an aromatic ring is 1. The molecule has 2 heterocycles. The highest BCUT2D eigenvalue weighted by atomic mass is 16.5. The van der Waals surface area contributed by atoms with Crippen molar-refractivity contribution in [3.8, 4) is 11.1 Å². The summed E-state index contributed by atoms with van der Waals surface area (Å²) in [6.45, 7) is 4.35. The Morgan fingerprint density at radius 3 is 2.71 bits per heavy atom. The van der Waals surface area contributed by atoms with Crippen LogP contribution >= 0.6 is 0 Å². The van der Waals surface area contributed by atoms with Crippen LogP contribution in [0.3, 0.4) is 0 Å². The van der Waals surface area contributed by atoms with Crippen LogP contribution in [0.1, 0.15) is 26.0 Å². The molecule has 2 aromatic rings. The smallest absolute Gasteiger partial charge is 0.175 e. The fourth-order valence-corrected chi connectivity index (χ4v) is 1.77. The highest BCUT2D eigenvalue weighted by molar-refractivity contribution is 5.75. The molecule has 0 aliphatic rings. The third kappa shape index (κ3) is 2.46. The average Bonchev–Trinajstić information content (AvgIpc) is 2.71. The van der Waals surface area contributed by atoms with Gasteiger partial charge in [0.2, 0.25) is 0 Å². The highest BCUT2D eigenvalue weighted by Gasteiger charge is 2.17. The molecule has 0 aliphatic heterocycles. The zero-order valence-electron chi connectivity index (χ0n) is 10.2. The number of hydrogen-bond acceptors (Lipinski definition) is 4. The lowest BCUT2D eigenvalue weighted by Gasteiger charge is -2.07. The predicted octanol–water partition coefficient (Wildman–Crippen LogP) is 2.91. The minimum atomic E-state index is 0.453. The molecule has 4 nitrogen and oxygen atoms in total. The third-order valence-electron chi connectivity index (χ3n) is 2.99. The maximum atomic E-state index is 5.87. The van der Waals surface area contributed by atoms with Crippen LogP contribution in [0.2, 0.25) is 0 Å². The number of pyridine rings is 1. The van der Waals surface area contributed by atoms with E-state index in [2.05, 4.69) is 24.0 Å². The van der Waals surface area contributed by atoms with Crippen molar-refractivity contribution in [1.29, 1.82) is 0 Å². The summed E-state index contributed by atoms with van der Waals surface area (Å²) >= 11 is 0. The van der Waals surface area contributed by atoms with Gasteiger partial charge in [-0.3, -0.25) is 4.98 Å². The first-order chi connectivity index (χ1) is 8.22. The van der Waals surface area contributed by atoms with Gasteiger partial charge in [-0.15, -0.1) is 0 Å². The van der Waals surface area contributed by atoms with Gasteiger partial charge in [0.05, 0.1) is 5.56 Å². The lowest BCUT2D eigenvalue weighted by molar-refractivity contribution is 0.364. The van der Waals surface area contributed by atoms with Crippen LogP contribution in [0, 0.1) is 5.92 Å². The number of nitrogens with two attached hydrogens (primary N) is 1. The van der Waals surface area contributed by atoms with Crippen LogP contribution in [0.4, 0.5) is 5.82 Å². The average molecular weight is 231 g/mol. The minimum Gasteiger partial charge on any atom is -0.380 e. The molecule has 0 bridgehead atoms. The molecule has 0 radical (unpaired) electrons. The molecule has 0 aromatic carbocycles. The fourth-order valence-electron chi connectivity index (χ4n) is 1.77. The van der Waals surface area contributed by atoms with Gasteiger partial charge in [0.1, 0.15) is 5.76 Å². The molecular formula is C13H17N3O. The van der Waals surface area contributed by atoms with Crippen LogP contribution in [0.5, 0.6) is 0 Å². The summed E-state index contributed by atoms with van der Waals surface area (Å²) < 4.78 is 5.33. The zero-order valence-corrected chi connectivity index (χ0v) is 10.2. The molecule has 0 aliphatic carbocycles. The second-order valence-corrected chi connectivity index (χ2v) is 4.32. The molecule has 17 heavy (non-hydrogen) atoms. The number of aromatic nitrogens is 2. The number of nitrogens with zero attached hydrogens (tertiary/aromatic N) is 2. The van der Waals surface area contributed by atoms with Gasteiger partial charge in [0.15, 0.2) is 5.82 Å². The Morgan fingerprint density at radius 1 is 1.35 bits per heavy atom. The van der Waals surface area contributed by atoms with Crippen molar-refractivity contribution in [1.82, 2.24) is 10.1 Å². The molecule has 0 amide bonds. The number of hydrogen-bond donors (Lipinski definition) is 1. The van der Waals surface area contributed by atoms with E-state index < -0.39 is 0 Å². The van der Waals surface area contributed by atoms with Crippen molar-refractivity contribution >= 4 is 5.82 Å². The summed E-state index contributed by atoms with van der Waals surface area (Å²) in [6.07, 6.45) is 5.46. The number of rotatable bonds is 4. The molecule has 1 atom stereocenters. The van der Waals surface area contributed by atoms with Crippen LogP contribution < -0.4 is 5.73 Å². The van der Waals surface area contributed by atoms with Gasteiger partial charge in [0.25, 0.3) is 0 Å². The molecule has 90 valence electrons. The minimum absolute atomic E-state index is 0.453. The van der Waals surface area contributed by atoms with Gasteiger partial charge in [-0.05, 0) is 23.6 Å². The highest BCUT2D eigenvalue weighted by Crippen LogP contribution is 2.30. The van der Waals surface area contributed by atoms with Gasteiger partial charge in [-0.25, -0.2) is 0 Å². The van der Waals surface area contributed by atoms with E-state index in [0.717, 1.165) is 29.7 Å².